The van der Waals surface area contributed by atoms with Crippen LogP contribution in [0.15, 0.2) is 216 Å². The quantitative estimate of drug-likeness (QED) is 0.225. The molecule has 2 heterocycles. The minimum Gasteiger partial charge on any atom is -0.484 e. The summed E-state index contributed by atoms with van der Waals surface area (Å²) in [5.41, 5.74) is 14.4. The van der Waals surface area contributed by atoms with Gasteiger partial charge in [0.25, 0.3) is 0 Å². The topological polar surface area (TPSA) is 30.9 Å². The van der Waals surface area contributed by atoms with Crippen LogP contribution in [0.3, 0.4) is 0 Å². The maximum atomic E-state index is 7.00. The van der Waals surface area contributed by atoms with Crippen LogP contribution in [0.5, 0.6) is 5.75 Å². The van der Waals surface area contributed by atoms with Gasteiger partial charge in [-0.25, -0.2) is 0 Å². The summed E-state index contributed by atoms with van der Waals surface area (Å²) in [4.78, 5) is 2.73. The molecule has 12 atom stereocenters. The average Bonchev–Trinajstić information content (AvgIpc) is 3.62. The van der Waals surface area contributed by atoms with Crippen LogP contribution < -0.4 is 9.64 Å². The lowest BCUT2D eigenvalue weighted by molar-refractivity contribution is -0.194. The molecule has 0 spiro atoms. The van der Waals surface area contributed by atoms with Gasteiger partial charge in [-0.15, -0.1) is 0 Å². The third-order valence-corrected chi connectivity index (χ3v) is 17.5. The van der Waals surface area contributed by atoms with Crippen LogP contribution in [-0.2, 0) is 14.9 Å². The SMILES string of the molecule is CC/C=C\C1=C(C)C(c2ccccc2)(C2C=CC=CC2C)C2C1=CC=C(N(c1ccc(C3=CCC4(C)OC5C=CC=CC5(C)OC4=C3)cc1)C1c3cccc4c3C(=CC1C)C1=CC=CC(C)C1O4)C2C. The molecule has 1 saturated heterocycles. The molecule has 4 heteroatoms. The molecule has 0 amide bonds. The van der Waals surface area contributed by atoms with Crippen molar-refractivity contribution in [3.05, 3.63) is 238 Å². The van der Waals surface area contributed by atoms with E-state index in [1.165, 1.54) is 61.5 Å². The zero-order valence-corrected chi connectivity index (χ0v) is 42.1. The fourth-order valence-electron chi connectivity index (χ4n) is 14.1. The van der Waals surface area contributed by atoms with Gasteiger partial charge in [0.2, 0.25) is 0 Å². The molecule has 0 radical (unpaired) electrons. The van der Waals surface area contributed by atoms with Crippen LogP contribution in [0.25, 0.3) is 11.1 Å². The van der Waals surface area contributed by atoms with Gasteiger partial charge in [0.1, 0.15) is 29.3 Å². The second-order valence-corrected chi connectivity index (χ2v) is 21.8. The van der Waals surface area contributed by atoms with Crippen LogP contribution in [-0.4, -0.2) is 23.4 Å². The second kappa shape index (κ2) is 16.9. The van der Waals surface area contributed by atoms with Gasteiger partial charge in [-0.3, -0.25) is 0 Å². The Labute approximate surface area is 416 Å². The zero-order chi connectivity index (χ0) is 48.1. The van der Waals surface area contributed by atoms with Gasteiger partial charge in [0.05, 0.1) is 6.04 Å². The van der Waals surface area contributed by atoms with Crippen LogP contribution in [0.2, 0.25) is 0 Å². The molecule has 9 aliphatic rings. The molecule has 0 aromatic heterocycles. The summed E-state index contributed by atoms with van der Waals surface area (Å²) in [6.07, 6.45) is 43.2. The molecular weight excluding hydrogens is 855 g/mol. The van der Waals surface area contributed by atoms with Gasteiger partial charge >= 0.3 is 0 Å². The van der Waals surface area contributed by atoms with Crippen molar-refractivity contribution < 1.29 is 14.2 Å². The van der Waals surface area contributed by atoms with E-state index in [9.17, 15) is 0 Å². The van der Waals surface area contributed by atoms with Crippen LogP contribution >= 0.6 is 0 Å². The van der Waals surface area contributed by atoms with Crippen molar-refractivity contribution in [3.8, 4) is 5.75 Å². The standard InChI is InChI=1S/C66H67NO3/c1-9-10-24-50-45(6)66(48-22-12-11-13-23-48,55-27-15-14-20-41(55)2)61-44(5)56(35-34-51(50)61)67(62-43(4)39-54-52-25-18-21-42(3)63(52)68-57-28-19-26-53(62)60(54)57)49-32-30-46(31-33-49)47-36-38-65(8)59(40-47)70-64(7)37-17-16-29-58(64)69-65/h10-37,39-44,55,58,61-63H,9,38H2,1-8H3/b24-10-. The number of benzene rings is 3. The van der Waals surface area contributed by atoms with Crippen molar-refractivity contribution in [2.45, 2.75) is 103 Å². The summed E-state index contributed by atoms with van der Waals surface area (Å²) < 4.78 is 20.6. The number of anilines is 1. The van der Waals surface area contributed by atoms with E-state index in [0.717, 1.165) is 29.9 Å². The highest BCUT2D eigenvalue weighted by Gasteiger charge is 2.58. The number of hydrogen-bond acceptors (Lipinski definition) is 4. The lowest BCUT2D eigenvalue weighted by atomic mass is 9.53. The molecule has 4 nitrogen and oxygen atoms in total. The predicted molar refractivity (Wildman–Crippen MR) is 288 cm³/mol. The largest absolute Gasteiger partial charge is 0.484 e. The molecule has 1 fully saturated rings. The fraction of sp³-hybridized carbons (Fsp3) is 0.333. The first-order valence-electron chi connectivity index (χ1n) is 26.1. The van der Waals surface area contributed by atoms with E-state index in [4.69, 9.17) is 14.2 Å². The fourth-order valence-corrected chi connectivity index (χ4v) is 14.1. The number of ether oxygens (including phenoxy) is 3. The van der Waals surface area contributed by atoms with E-state index < -0.39 is 11.2 Å². The first kappa shape index (κ1) is 44.8. The smallest absolute Gasteiger partial charge is 0.154 e. The number of nitrogens with zero attached hydrogens (tertiary/aromatic N) is 1. The molecule has 12 rings (SSSR count). The lowest BCUT2D eigenvalue weighted by Crippen LogP contribution is -2.54. The number of allylic oxidation sites excluding steroid dienone is 18. The van der Waals surface area contributed by atoms with E-state index >= 15 is 0 Å². The summed E-state index contributed by atoms with van der Waals surface area (Å²) >= 11 is 0. The molecular formula is C66H67NO3. The van der Waals surface area contributed by atoms with Gasteiger partial charge in [0, 0.05) is 52.1 Å². The Kier molecular flexibility index (Phi) is 10.8. The van der Waals surface area contributed by atoms with E-state index in [1.54, 1.807) is 0 Å². The van der Waals surface area contributed by atoms with Gasteiger partial charge in [-0.1, -0.05) is 186 Å². The van der Waals surface area contributed by atoms with Crippen LogP contribution in [0.1, 0.15) is 96.5 Å². The summed E-state index contributed by atoms with van der Waals surface area (Å²) in [6.45, 7) is 18.7. The molecule has 7 aliphatic carbocycles. The van der Waals surface area contributed by atoms with Gasteiger partial charge in [0.15, 0.2) is 5.60 Å². The second-order valence-electron chi connectivity index (χ2n) is 21.8. The Morgan fingerprint density at radius 3 is 2.36 bits per heavy atom. The van der Waals surface area contributed by atoms with Crippen molar-refractivity contribution in [3.63, 3.8) is 0 Å². The minimum atomic E-state index is -0.539. The first-order chi connectivity index (χ1) is 33.9. The van der Waals surface area contributed by atoms with Crippen LogP contribution in [0, 0.1) is 35.5 Å². The number of rotatable bonds is 8. The third kappa shape index (κ3) is 6.72. The van der Waals surface area contributed by atoms with Crippen molar-refractivity contribution >= 4 is 16.8 Å². The number of fused-ring (bicyclic) bond motifs is 5. The number of hydrogen-bond donors (Lipinski definition) is 0. The van der Waals surface area contributed by atoms with Gasteiger partial charge < -0.3 is 19.1 Å². The summed E-state index contributed by atoms with van der Waals surface area (Å²) in [5, 5.41) is 0. The summed E-state index contributed by atoms with van der Waals surface area (Å²) in [6, 6.07) is 27.7. The summed E-state index contributed by atoms with van der Waals surface area (Å²) in [5.74, 6) is 3.27. The van der Waals surface area contributed by atoms with Crippen molar-refractivity contribution in [1.82, 2.24) is 0 Å². The van der Waals surface area contributed by atoms with Crippen molar-refractivity contribution in [1.29, 1.82) is 0 Å². The van der Waals surface area contributed by atoms with E-state index in [2.05, 4.69) is 242 Å². The van der Waals surface area contributed by atoms with Gasteiger partial charge in [-0.2, -0.15) is 0 Å². The molecule has 3 aromatic rings. The highest BCUT2D eigenvalue weighted by molar-refractivity contribution is 5.90. The Hall–Kier alpha value is -6.36. The van der Waals surface area contributed by atoms with E-state index in [1.807, 2.05) is 0 Å². The van der Waals surface area contributed by atoms with Crippen molar-refractivity contribution in [2.24, 2.45) is 35.5 Å². The molecule has 12 unspecified atom stereocenters. The monoisotopic (exact) mass is 922 g/mol. The maximum absolute atomic E-state index is 7.00. The molecule has 0 saturated carbocycles. The van der Waals surface area contributed by atoms with E-state index in [-0.39, 0.29) is 47.3 Å². The molecule has 0 bridgehead atoms. The Bertz CT molecular complexity index is 3070. The van der Waals surface area contributed by atoms with E-state index in [0.29, 0.717) is 11.8 Å². The molecule has 0 N–H and O–H groups in total. The third-order valence-electron chi connectivity index (χ3n) is 17.5. The van der Waals surface area contributed by atoms with Crippen molar-refractivity contribution in [2.75, 3.05) is 4.90 Å². The highest BCUT2D eigenvalue weighted by atomic mass is 16.6. The zero-order valence-electron chi connectivity index (χ0n) is 42.1. The normalized spacial score (nSPS) is 35.2. The molecule has 354 valence electrons. The predicted octanol–water partition coefficient (Wildman–Crippen LogP) is 15.6. The highest BCUT2D eigenvalue weighted by Crippen LogP contribution is 2.64. The average molecular weight is 922 g/mol. The summed E-state index contributed by atoms with van der Waals surface area (Å²) in [7, 11) is 0. The minimum absolute atomic E-state index is 0.00113. The van der Waals surface area contributed by atoms with Gasteiger partial charge in [-0.05, 0) is 120 Å². The maximum Gasteiger partial charge on any atom is 0.154 e. The first-order valence-corrected chi connectivity index (χ1v) is 26.1. The molecule has 3 aromatic carbocycles. The molecule has 70 heavy (non-hydrogen) atoms. The Balaban J connectivity index is 1.01. The lowest BCUT2D eigenvalue weighted by Gasteiger charge is -2.52. The Morgan fingerprint density at radius 2 is 1.56 bits per heavy atom. The Morgan fingerprint density at radius 1 is 0.771 bits per heavy atom. The van der Waals surface area contributed by atoms with Crippen LogP contribution in [0.4, 0.5) is 5.69 Å². The molecule has 2 aliphatic heterocycles.